The van der Waals surface area contributed by atoms with Crippen molar-refractivity contribution in [1.29, 1.82) is 0 Å². The highest BCUT2D eigenvalue weighted by molar-refractivity contribution is 6.23. The third-order valence-corrected chi connectivity index (χ3v) is 4.50. The van der Waals surface area contributed by atoms with Crippen molar-refractivity contribution in [3.05, 3.63) is 59.7 Å². The van der Waals surface area contributed by atoms with Crippen molar-refractivity contribution in [2.75, 3.05) is 23.8 Å². The van der Waals surface area contributed by atoms with Gasteiger partial charge in [0.25, 0.3) is 17.7 Å². The molecule has 0 aromatic heterocycles. The van der Waals surface area contributed by atoms with E-state index in [9.17, 15) is 14.4 Å². The van der Waals surface area contributed by atoms with Gasteiger partial charge in [-0.3, -0.25) is 19.3 Å². The topological polar surface area (TPSA) is 69.7 Å². The molecule has 2 aromatic carbocycles. The highest BCUT2D eigenvalue weighted by Crippen LogP contribution is 2.31. The van der Waals surface area contributed by atoms with Gasteiger partial charge >= 0.3 is 0 Å². The smallest absolute Gasteiger partial charge is 0.262 e. The molecule has 2 heterocycles. The summed E-state index contributed by atoms with van der Waals surface area (Å²) in [7, 11) is 1.65. The Balaban J connectivity index is 1.73. The second-order valence-electron chi connectivity index (χ2n) is 5.84. The first kappa shape index (κ1) is 14.4. The highest BCUT2D eigenvalue weighted by Gasteiger charge is 2.44. The zero-order chi connectivity index (χ0) is 16.8. The fourth-order valence-electron chi connectivity index (χ4n) is 3.24. The van der Waals surface area contributed by atoms with E-state index >= 15 is 0 Å². The van der Waals surface area contributed by atoms with Gasteiger partial charge in [-0.1, -0.05) is 24.3 Å². The molecule has 3 amide bonds. The third kappa shape index (κ3) is 1.93. The number of benzene rings is 2. The summed E-state index contributed by atoms with van der Waals surface area (Å²) in [5.41, 5.74) is 2.22. The van der Waals surface area contributed by atoms with Crippen molar-refractivity contribution in [2.24, 2.45) is 0 Å². The molecule has 6 heteroatoms. The third-order valence-electron chi connectivity index (χ3n) is 4.50. The maximum atomic E-state index is 12.9. The van der Waals surface area contributed by atoms with Crippen LogP contribution in [0.25, 0.3) is 0 Å². The van der Waals surface area contributed by atoms with Crippen LogP contribution in [0.15, 0.2) is 48.5 Å². The number of imide groups is 1. The van der Waals surface area contributed by atoms with E-state index in [1.807, 2.05) is 24.3 Å². The van der Waals surface area contributed by atoms with Gasteiger partial charge in [0.15, 0.2) is 0 Å². The van der Waals surface area contributed by atoms with E-state index in [0.717, 1.165) is 16.3 Å². The largest absolute Gasteiger partial charge is 0.381 e. The Morgan fingerprint density at radius 2 is 1.50 bits per heavy atom. The molecule has 0 bridgehead atoms. The maximum Gasteiger partial charge on any atom is 0.262 e. The summed E-state index contributed by atoms with van der Waals surface area (Å²) < 4.78 is 0. The lowest BCUT2D eigenvalue weighted by Crippen LogP contribution is -2.52. The molecule has 2 aliphatic heterocycles. The van der Waals surface area contributed by atoms with Gasteiger partial charge in [-0.05, 0) is 24.3 Å². The number of rotatable bonds is 1. The minimum Gasteiger partial charge on any atom is -0.381 e. The van der Waals surface area contributed by atoms with E-state index in [1.165, 1.54) is 4.90 Å². The number of fused-ring (bicyclic) bond motifs is 2. The second-order valence-corrected chi connectivity index (χ2v) is 5.84. The van der Waals surface area contributed by atoms with Gasteiger partial charge in [-0.2, -0.15) is 0 Å². The normalized spacial score (nSPS) is 19.7. The number of hydrogen-bond acceptors (Lipinski definition) is 4. The van der Waals surface area contributed by atoms with E-state index in [2.05, 4.69) is 5.32 Å². The van der Waals surface area contributed by atoms with Crippen LogP contribution in [-0.2, 0) is 4.79 Å². The number of likely N-dealkylation sites (N-methyl/N-ethyl adjacent to an activating group) is 1. The summed E-state index contributed by atoms with van der Waals surface area (Å²) >= 11 is 0. The van der Waals surface area contributed by atoms with Crippen LogP contribution in [0.2, 0.25) is 0 Å². The highest BCUT2D eigenvalue weighted by atomic mass is 16.2. The van der Waals surface area contributed by atoms with E-state index < -0.39 is 17.9 Å². The molecule has 1 atom stereocenters. The lowest BCUT2D eigenvalue weighted by atomic mass is 10.1. The molecule has 24 heavy (non-hydrogen) atoms. The number of carbonyl (C=O) groups is 3. The molecule has 0 saturated carbocycles. The molecule has 2 aromatic rings. The fourth-order valence-corrected chi connectivity index (χ4v) is 3.24. The first-order valence-corrected chi connectivity index (χ1v) is 7.67. The summed E-state index contributed by atoms with van der Waals surface area (Å²) in [6, 6.07) is 13.2. The molecule has 1 unspecified atom stereocenters. The van der Waals surface area contributed by atoms with Crippen molar-refractivity contribution in [3.8, 4) is 0 Å². The Hall–Kier alpha value is -3.15. The molecular weight excluding hydrogens is 306 g/mol. The van der Waals surface area contributed by atoms with Crippen LogP contribution in [-0.4, -0.2) is 42.3 Å². The number of amides is 3. The van der Waals surface area contributed by atoms with Crippen molar-refractivity contribution < 1.29 is 14.4 Å². The minimum absolute atomic E-state index is 0.186. The van der Waals surface area contributed by atoms with Gasteiger partial charge in [0.2, 0.25) is 0 Å². The molecule has 2 aliphatic rings. The van der Waals surface area contributed by atoms with Crippen molar-refractivity contribution in [2.45, 2.75) is 6.04 Å². The van der Waals surface area contributed by atoms with Gasteiger partial charge in [0.05, 0.1) is 22.5 Å². The maximum absolute atomic E-state index is 12.9. The van der Waals surface area contributed by atoms with Crippen molar-refractivity contribution >= 4 is 29.1 Å². The molecular formula is C18H15N3O3. The second kappa shape index (κ2) is 5.19. The molecule has 6 nitrogen and oxygen atoms in total. The molecule has 120 valence electrons. The molecule has 0 spiro atoms. The number of nitrogens with one attached hydrogen (secondary N) is 1. The summed E-state index contributed by atoms with van der Waals surface area (Å²) in [4.78, 5) is 40.7. The Labute approximate surface area is 138 Å². The molecule has 1 N–H and O–H groups in total. The number of nitrogens with zero attached hydrogens (tertiary/aromatic N) is 2. The Bertz CT molecular complexity index is 842. The number of hydrogen-bond donors (Lipinski definition) is 1. The SMILES string of the molecule is CN1C(=O)C(N2C(=O)c3ccccc3C2=O)CNc2ccccc21. The number of anilines is 2. The predicted molar refractivity (Wildman–Crippen MR) is 89.1 cm³/mol. The summed E-state index contributed by atoms with van der Waals surface area (Å²) in [6.07, 6.45) is 0. The van der Waals surface area contributed by atoms with E-state index in [0.29, 0.717) is 11.1 Å². The van der Waals surface area contributed by atoms with Gasteiger partial charge in [0.1, 0.15) is 6.04 Å². The van der Waals surface area contributed by atoms with Crippen molar-refractivity contribution in [1.82, 2.24) is 4.90 Å². The van der Waals surface area contributed by atoms with Gasteiger partial charge in [-0.15, -0.1) is 0 Å². The van der Waals surface area contributed by atoms with E-state index in [4.69, 9.17) is 0 Å². The average molecular weight is 321 g/mol. The Morgan fingerprint density at radius 1 is 0.917 bits per heavy atom. The Morgan fingerprint density at radius 3 is 2.17 bits per heavy atom. The monoisotopic (exact) mass is 321 g/mol. The Kier molecular flexibility index (Phi) is 3.13. The summed E-state index contributed by atoms with van der Waals surface area (Å²) in [5.74, 6) is -1.13. The van der Waals surface area contributed by atoms with Gasteiger partial charge < -0.3 is 10.2 Å². The first-order chi connectivity index (χ1) is 11.6. The molecule has 0 fully saturated rings. The van der Waals surface area contributed by atoms with Crippen molar-refractivity contribution in [3.63, 3.8) is 0 Å². The summed E-state index contributed by atoms with van der Waals surface area (Å²) in [6.45, 7) is 0.186. The van der Waals surface area contributed by atoms with Crippen LogP contribution < -0.4 is 10.2 Å². The van der Waals surface area contributed by atoms with Crippen LogP contribution in [0.4, 0.5) is 11.4 Å². The fraction of sp³-hybridized carbons (Fsp3) is 0.167. The van der Waals surface area contributed by atoms with E-state index in [-0.39, 0.29) is 12.5 Å². The van der Waals surface area contributed by atoms with Gasteiger partial charge in [-0.25, -0.2) is 0 Å². The molecule has 4 rings (SSSR count). The zero-order valence-corrected chi connectivity index (χ0v) is 13.0. The van der Waals surface area contributed by atoms with Crippen LogP contribution in [0.1, 0.15) is 20.7 Å². The lowest BCUT2D eigenvalue weighted by Gasteiger charge is -2.26. The first-order valence-electron chi connectivity index (χ1n) is 7.67. The molecule has 0 radical (unpaired) electrons. The molecule has 0 aliphatic carbocycles. The minimum atomic E-state index is -0.880. The average Bonchev–Trinajstić information content (AvgIpc) is 2.79. The van der Waals surface area contributed by atoms with Crippen LogP contribution in [0, 0.1) is 0 Å². The van der Waals surface area contributed by atoms with E-state index in [1.54, 1.807) is 31.3 Å². The molecule has 0 saturated heterocycles. The van der Waals surface area contributed by atoms with Crippen LogP contribution >= 0.6 is 0 Å². The van der Waals surface area contributed by atoms with Crippen LogP contribution in [0.3, 0.4) is 0 Å². The number of para-hydroxylation sites is 2. The standard InChI is InChI=1S/C18H15N3O3/c1-20-14-9-5-4-8-13(14)19-10-15(18(20)24)21-16(22)11-6-2-3-7-12(11)17(21)23/h2-9,15,19H,10H2,1H3. The summed E-state index contributed by atoms with van der Waals surface area (Å²) in [5, 5.41) is 3.17. The lowest BCUT2D eigenvalue weighted by molar-refractivity contribution is -0.121. The zero-order valence-electron chi connectivity index (χ0n) is 13.0. The van der Waals surface area contributed by atoms with Gasteiger partial charge in [0, 0.05) is 13.6 Å². The number of carbonyl (C=O) groups excluding carboxylic acids is 3. The predicted octanol–water partition coefficient (Wildman–Crippen LogP) is 1.74. The quantitative estimate of drug-likeness (QED) is 0.812. The van der Waals surface area contributed by atoms with Crippen LogP contribution in [0.5, 0.6) is 0 Å².